The van der Waals surface area contributed by atoms with Crippen LogP contribution in [0.3, 0.4) is 0 Å². The molecule has 2 nitrogen and oxygen atoms in total. The predicted molar refractivity (Wildman–Crippen MR) is 51.3 cm³/mol. The normalized spacial score (nSPS) is 25.0. The molecular formula is C10H20N2. The van der Waals surface area contributed by atoms with Gasteiger partial charge in [0.25, 0.3) is 0 Å². The zero-order valence-electron chi connectivity index (χ0n) is 7.89. The molecule has 70 valence electrons. The van der Waals surface area contributed by atoms with Crippen molar-refractivity contribution in [2.45, 2.75) is 38.1 Å². The minimum atomic E-state index is 0.892. The molecule has 0 aromatic heterocycles. The monoisotopic (exact) mass is 168 g/mol. The summed E-state index contributed by atoms with van der Waals surface area (Å²) in [5.74, 6) is 0. The third-order valence-corrected chi connectivity index (χ3v) is 2.86. The highest BCUT2D eigenvalue weighted by molar-refractivity contribution is 4.80. The number of rotatable bonds is 5. The third-order valence-electron chi connectivity index (χ3n) is 2.86. The maximum absolute atomic E-state index is 3.55. The highest BCUT2D eigenvalue weighted by Crippen LogP contribution is 2.18. The molecule has 1 heterocycles. The largest absolute Gasteiger partial charge is 0.314 e. The van der Waals surface area contributed by atoms with Crippen LogP contribution >= 0.6 is 0 Å². The molecule has 2 aliphatic rings. The van der Waals surface area contributed by atoms with Crippen molar-refractivity contribution in [2.75, 3.05) is 26.2 Å². The summed E-state index contributed by atoms with van der Waals surface area (Å²) in [4.78, 5) is 2.59. The second-order valence-electron chi connectivity index (χ2n) is 4.13. The molecule has 0 amide bonds. The minimum absolute atomic E-state index is 0.892. The smallest absolute Gasteiger partial charge is 0.00682 e. The molecule has 0 bridgehead atoms. The van der Waals surface area contributed by atoms with Gasteiger partial charge < -0.3 is 10.2 Å². The van der Waals surface area contributed by atoms with Gasteiger partial charge in [0.2, 0.25) is 0 Å². The van der Waals surface area contributed by atoms with E-state index in [2.05, 4.69) is 10.2 Å². The van der Waals surface area contributed by atoms with Crippen molar-refractivity contribution in [3.05, 3.63) is 0 Å². The average molecular weight is 168 g/mol. The van der Waals surface area contributed by atoms with Crippen LogP contribution in [0.2, 0.25) is 0 Å². The van der Waals surface area contributed by atoms with E-state index < -0.39 is 0 Å². The van der Waals surface area contributed by atoms with Gasteiger partial charge in [0.1, 0.15) is 0 Å². The van der Waals surface area contributed by atoms with E-state index in [0.29, 0.717) is 0 Å². The number of nitrogens with one attached hydrogen (secondary N) is 1. The van der Waals surface area contributed by atoms with Crippen LogP contribution < -0.4 is 5.32 Å². The van der Waals surface area contributed by atoms with Crippen LogP contribution in [0.25, 0.3) is 0 Å². The Kier molecular flexibility index (Phi) is 3.01. The second-order valence-corrected chi connectivity index (χ2v) is 4.13. The van der Waals surface area contributed by atoms with Crippen LogP contribution in [0, 0.1) is 0 Å². The van der Waals surface area contributed by atoms with Crippen molar-refractivity contribution < 1.29 is 0 Å². The van der Waals surface area contributed by atoms with Gasteiger partial charge in [-0.05, 0) is 58.3 Å². The van der Waals surface area contributed by atoms with Gasteiger partial charge in [0.15, 0.2) is 0 Å². The summed E-state index contributed by atoms with van der Waals surface area (Å²) < 4.78 is 0. The molecule has 1 N–H and O–H groups in total. The first-order valence-electron chi connectivity index (χ1n) is 5.41. The number of hydrogen-bond donors (Lipinski definition) is 1. The van der Waals surface area contributed by atoms with Crippen LogP contribution in [-0.2, 0) is 0 Å². The van der Waals surface area contributed by atoms with Crippen LogP contribution in [0.4, 0.5) is 0 Å². The third kappa shape index (κ3) is 2.76. The van der Waals surface area contributed by atoms with Crippen molar-refractivity contribution in [3.63, 3.8) is 0 Å². The predicted octanol–water partition coefficient (Wildman–Crippen LogP) is 1.22. The lowest BCUT2D eigenvalue weighted by Crippen LogP contribution is -2.25. The summed E-state index contributed by atoms with van der Waals surface area (Å²) in [5.41, 5.74) is 0. The van der Waals surface area contributed by atoms with Gasteiger partial charge in [0.05, 0.1) is 0 Å². The van der Waals surface area contributed by atoms with Gasteiger partial charge in [-0.1, -0.05) is 0 Å². The minimum Gasteiger partial charge on any atom is -0.314 e. The molecule has 1 saturated heterocycles. The average Bonchev–Trinajstić information content (AvgIpc) is 2.76. The topological polar surface area (TPSA) is 15.3 Å². The molecule has 1 aliphatic heterocycles. The van der Waals surface area contributed by atoms with Gasteiger partial charge in [-0.2, -0.15) is 0 Å². The molecule has 0 radical (unpaired) electrons. The fraction of sp³-hybridized carbons (Fsp3) is 1.00. The lowest BCUT2D eigenvalue weighted by molar-refractivity contribution is 0.331. The SMILES string of the molecule is C1CCN(CCCNC2CC2)C1. The molecule has 0 unspecified atom stereocenters. The van der Waals surface area contributed by atoms with E-state index in [-0.39, 0.29) is 0 Å². The Morgan fingerprint density at radius 2 is 1.92 bits per heavy atom. The van der Waals surface area contributed by atoms with Crippen molar-refractivity contribution in [2.24, 2.45) is 0 Å². The fourth-order valence-electron chi connectivity index (χ4n) is 1.90. The fourth-order valence-corrected chi connectivity index (χ4v) is 1.90. The van der Waals surface area contributed by atoms with E-state index in [0.717, 1.165) is 6.04 Å². The van der Waals surface area contributed by atoms with Crippen LogP contribution in [0.1, 0.15) is 32.1 Å². The van der Waals surface area contributed by atoms with Gasteiger partial charge in [-0.15, -0.1) is 0 Å². The van der Waals surface area contributed by atoms with Crippen molar-refractivity contribution in [1.29, 1.82) is 0 Å². The Morgan fingerprint density at radius 1 is 1.17 bits per heavy atom. The summed E-state index contributed by atoms with van der Waals surface area (Å²) in [6.45, 7) is 5.26. The summed E-state index contributed by atoms with van der Waals surface area (Å²) in [7, 11) is 0. The molecule has 0 aromatic carbocycles. The molecule has 1 saturated carbocycles. The molecule has 2 fully saturated rings. The van der Waals surface area contributed by atoms with Gasteiger partial charge in [-0.25, -0.2) is 0 Å². The Bertz CT molecular complexity index is 126. The first-order chi connectivity index (χ1) is 5.95. The molecule has 2 heteroatoms. The Hall–Kier alpha value is -0.0800. The summed E-state index contributed by atoms with van der Waals surface area (Å²) >= 11 is 0. The first kappa shape index (κ1) is 8.52. The summed E-state index contributed by atoms with van der Waals surface area (Å²) in [6, 6.07) is 0.892. The Balaban J connectivity index is 1.44. The Labute approximate surface area is 75.3 Å². The molecule has 0 atom stereocenters. The van der Waals surface area contributed by atoms with Gasteiger partial charge >= 0.3 is 0 Å². The van der Waals surface area contributed by atoms with E-state index in [9.17, 15) is 0 Å². The summed E-state index contributed by atoms with van der Waals surface area (Å²) in [5, 5.41) is 3.55. The first-order valence-corrected chi connectivity index (χ1v) is 5.41. The second kappa shape index (κ2) is 4.24. The van der Waals surface area contributed by atoms with Gasteiger partial charge in [0, 0.05) is 6.04 Å². The Morgan fingerprint density at radius 3 is 2.58 bits per heavy atom. The lowest BCUT2D eigenvalue weighted by Gasteiger charge is -2.13. The van der Waals surface area contributed by atoms with E-state index in [4.69, 9.17) is 0 Å². The van der Waals surface area contributed by atoms with Gasteiger partial charge in [-0.3, -0.25) is 0 Å². The van der Waals surface area contributed by atoms with Crippen LogP contribution in [0.5, 0.6) is 0 Å². The highest BCUT2D eigenvalue weighted by Gasteiger charge is 2.19. The standard InChI is InChI=1S/C10H20N2/c1-2-8-12(7-1)9-3-6-11-10-4-5-10/h10-11H,1-9H2. The van der Waals surface area contributed by atoms with E-state index in [1.165, 1.54) is 58.3 Å². The van der Waals surface area contributed by atoms with Crippen LogP contribution in [0.15, 0.2) is 0 Å². The molecule has 1 aliphatic carbocycles. The van der Waals surface area contributed by atoms with Crippen molar-refractivity contribution >= 4 is 0 Å². The molecular weight excluding hydrogens is 148 g/mol. The van der Waals surface area contributed by atoms with E-state index in [1.807, 2.05) is 0 Å². The highest BCUT2D eigenvalue weighted by atomic mass is 15.1. The van der Waals surface area contributed by atoms with Crippen LogP contribution in [-0.4, -0.2) is 37.1 Å². The van der Waals surface area contributed by atoms with Crippen molar-refractivity contribution in [1.82, 2.24) is 10.2 Å². The number of nitrogens with zero attached hydrogens (tertiary/aromatic N) is 1. The maximum Gasteiger partial charge on any atom is 0.00682 e. The quantitative estimate of drug-likeness (QED) is 0.621. The molecule has 2 rings (SSSR count). The summed E-state index contributed by atoms with van der Waals surface area (Å²) in [6.07, 6.45) is 7.04. The molecule has 0 aromatic rings. The van der Waals surface area contributed by atoms with E-state index >= 15 is 0 Å². The maximum atomic E-state index is 3.55. The van der Waals surface area contributed by atoms with E-state index in [1.54, 1.807) is 0 Å². The number of likely N-dealkylation sites (tertiary alicyclic amines) is 1. The molecule has 0 spiro atoms. The zero-order chi connectivity index (χ0) is 8.23. The number of hydrogen-bond acceptors (Lipinski definition) is 2. The lowest BCUT2D eigenvalue weighted by atomic mass is 10.4. The zero-order valence-corrected chi connectivity index (χ0v) is 7.89. The molecule has 12 heavy (non-hydrogen) atoms. The van der Waals surface area contributed by atoms with Crippen molar-refractivity contribution in [3.8, 4) is 0 Å².